The Morgan fingerprint density at radius 2 is 2.00 bits per heavy atom. The Bertz CT molecular complexity index is 698. The monoisotopic (exact) mass is 299 g/mol. The molecule has 0 heterocycles. The van der Waals surface area contributed by atoms with Crippen LogP contribution in [0.25, 0.3) is 10.8 Å². The van der Waals surface area contributed by atoms with E-state index in [1.165, 1.54) is 0 Å². The highest BCUT2D eigenvalue weighted by molar-refractivity contribution is 6.03. The Morgan fingerprint density at radius 1 is 1.23 bits per heavy atom. The summed E-state index contributed by atoms with van der Waals surface area (Å²) in [5.74, 6) is -0.0409. The van der Waals surface area contributed by atoms with Gasteiger partial charge in [0.1, 0.15) is 5.75 Å². The molecule has 1 aliphatic carbocycles. The molecule has 4 nitrogen and oxygen atoms in total. The van der Waals surface area contributed by atoms with Gasteiger partial charge in [-0.25, -0.2) is 0 Å². The Kier molecular flexibility index (Phi) is 4.03. The Labute approximate surface area is 130 Å². The number of amides is 1. The molecule has 2 aromatic carbocycles. The molecule has 22 heavy (non-hydrogen) atoms. The standard InChI is InChI=1S/C18H21NO3/c1-19(11-13-6-4-8-16(13)20)18(22)15-10-9-12-5-2-3-7-14(12)17(15)21/h2-3,5,7,9-10,13,16,20-21H,4,6,8,11H2,1H3/t13-,16+/m0/s1. The van der Waals surface area contributed by atoms with Crippen LogP contribution in [0.3, 0.4) is 0 Å². The average molecular weight is 299 g/mol. The number of aromatic hydroxyl groups is 1. The zero-order valence-electron chi connectivity index (χ0n) is 12.7. The van der Waals surface area contributed by atoms with Gasteiger partial charge in [0.25, 0.3) is 5.91 Å². The second-order valence-electron chi connectivity index (χ2n) is 6.13. The lowest BCUT2D eigenvalue weighted by molar-refractivity contribution is 0.0691. The molecule has 0 aliphatic heterocycles. The summed E-state index contributed by atoms with van der Waals surface area (Å²) in [6.07, 6.45) is 2.45. The van der Waals surface area contributed by atoms with Crippen LogP contribution in [0.15, 0.2) is 36.4 Å². The summed E-state index contributed by atoms with van der Waals surface area (Å²) >= 11 is 0. The molecule has 2 N–H and O–H groups in total. The average Bonchev–Trinajstić information content (AvgIpc) is 2.92. The highest BCUT2D eigenvalue weighted by atomic mass is 16.3. The maximum atomic E-state index is 12.6. The molecule has 1 fully saturated rings. The summed E-state index contributed by atoms with van der Waals surface area (Å²) in [5, 5.41) is 21.9. The van der Waals surface area contributed by atoms with E-state index in [1.807, 2.05) is 30.3 Å². The van der Waals surface area contributed by atoms with Gasteiger partial charge >= 0.3 is 0 Å². The molecule has 0 aromatic heterocycles. The van der Waals surface area contributed by atoms with E-state index in [0.717, 1.165) is 24.6 Å². The lowest BCUT2D eigenvalue weighted by Crippen LogP contribution is -2.34. The molecule has 0 bridgehead atoms. The molecule has 1 saturated carbocycles. The highest BCUT2D eigenvalue weighted by Crippen LogP contribution is 2.30. The highest BCUT2D eigenvalue weighted by Gasteiger charge is 2.28. The maximum Gasteiger partial charge on any atom is 0.257 e. The van der Waals surface area contributed by atoms with Crippen molar-refractivity contribution in [1.82, 2.24) is 4.90 Å². The number of rotatable bonds is 3. The quantitative estimate of drug-likeness (QED) is 0.916. The van der Waals surface area contributed by atoms with Gasteiger partial charge < -0.3 is 15.1 Å². The van der Waals surface area contributed by atoms with E-state index in [0.29, 0.717) is 17.5 Å². The third-order valence-electron chi connectivity index (χ3n) is 4.61. The number of benzene rings is 2. The molecule has 116 valence electrons. The molecule has 0 radical (unpaired) electrons. The normalized spacial score (nSPS) is 21.2. The fourth-order valence-corrected chi connectivity index (χ4v) is 3.30. The summed E-state index contributed by atoms with van der Waals surface area (Å²) in [5.41, 5.74) is 0.314. The lowest BCUT2D eigenvalue weighted by Gasteiger charge is -2.23. The molecular formula is C18H21NO3. The van der Waals surface area contributed by atoms with Gasteiger partial charge in [0.15, 0.2) is 0 Å². The predicted molar refractivity (Wildman–Crippen MR) is 85.9 cm³/mol. The van der Waals surface area contributed by atoms with Crippen LogP contribution in [-0.2, 0) is 0 Å². The predicted octanol–water partition coefficient (Wildman–Crippen LogP) is 2.78. The summed E-state index contributed by atoms with van der Waals surface area (Å²) in [6, 6.07) is 11.0. The van der Waals surface area contributed by atoms with E-state index in [9.17, 15) is 15.0 Å². The number of hydrogen-bond acceptors (Lipinski definition) is 3. The summed E-state index contributed by atoms with van der Waals surface area (Å²) in [7, 11) is 1.72. The number of carbonyl (C=O) groups excluding carboxylic acids is 1. The first-order valence-electron chi connectivity index (χ1n) is 7.72. The van der Waals surface area contributed by atoms with Crippen LogP contribution in [-0.4, -0.2) is 40.7 Å². The topological polar surface area (TPSA) is 60.8 Å². The first-order valence-corrected chi connectivity index (χ1v) is 7.72. The van der Waals surface area contributed by atoms with E-state index >= 15 is 0 Å². The van der Waals surface area contributed by atoms with Crippen molar-refractivity contribution in [3.05, 3.63) is 42.0 Å². The number of aliphatic hydroxyl groups excluding tert-OH is 1. The van der Waals surface area contributed by atoms with Crippen molar-refractivity contribution in [2.24, 2.45) is 5.92 Å². The Hall–Kier alpha value is -2.07. The minimum absolute atomic E-state index is 0.0296. The molecule has 1 aliphatic rings. The van der Waals surface area contributed by atoms with E-state index < -0.39 is 0 Å². The number of hydrogen-bond donors (Lipinski definition) is 2. The number of aliphatic hydroxyl groups is 1. The van der Waals surface area contributed by atoms with Gasteiger partial charge in [-0.2, -0.15) is 0 Å². The van der Waals surface area contributed by atoms with Crippen LogP contribution >= 0.6 is 0 Å². The Morgan fingerprint density at radius 3 is 2.73 bits per heavy atom. The summed E-state index contributed by atoms with van der Waals surface area (Å²) in [4.78, 5) is 14.2. The van der Waals surface area contributed by atoms with Crippen molar-refractivity contribution in [3.8, 4) is 5.75 Å². The summed E-state index contributed by atoms with van der Waals surface area (Å²) < 4.78 is 0. The summed E-state index contributed by atoms with van der Waals surface area (Å²) in [6.45, 7) is 0.520. The van der Waals surface area contributed by atoms with Gasteiger partial charge in [0.2, 0.25) is 0 Å². The van der Waals surface area contributed by atoms with Crippen LogP contribution in [0.5, 0.6) is 5.75 Å². The van der Waals surface area contributed by atoms with Crippen molar-refractivity contribution >= 4 is 16.7 Å². The second-order valence-corrected chi connectivity index (χ2v) is 6.13. The molecule has 0 spiro atoms. The SMILES string of the molecule is CN(C[C@@H]1CCC[C@H]1O)C(=O)c1ccc2ccccc2c1O. The molecule has 3 rings (SSSR count). The minimum atomic E-state index is -0.319. The van der Waals surface area contributed by atoms with Gasteiger partial charge in [-0.05, 0) is 24.3 Å². The van der Waals surface area contributed by atoms with E-state index in [1.54, 1.807) is 18.0 Å². The van der Waals surface area contributed by atoms with Crippen molar-refractivity contribution in [1.29, 1.82) is 0 Å². The van der Waals surface area contributed by atoms with Gasteiger partial charge in [-0.15, -0.1) is 0 Å². The van der Waals surface area contributed by atoms with E-state index in [2.05, 4.69) is 0 Å². The second kappa shape index (κ2) is 5.97. The van der Waals surface area contributed by atoms with Gasteiger partial charge in [0.05, 0.1) is 11.7 Å². The van der Waals surface area contributed by atoms with Crippen LogP contribution in [0, 0.1) is 5.92 Å². The van der Waals surface area contributed by atoms with Crippen molar-refractivity contribution < 1.29 is 15.0 Å². The lowest BCUT2D eigenvalue weighted by atomic mass is 10.0. The molecule has 0 unspecified atom stereocenters. The number of phenols is 1. The third-order valence-corrected chi connectivity index (χ3v) is 4.61. The first kappa shape index (κ1) is 14.9. The van der Waals surface area contributed by atoms with Gasteiger partial charge in [-0.3, -0.25) is 4.79 Å². The van der Waals surface area contributed by atoms with Crippen molar-refractivity contribution in [3.63, 3.8) is 0 Å². The first-order chi connectivity index (χ1) is 10.6. The van der Waals surface area contributed by atoms with Crippen LogP contribution in [0.2, 0.25) is 0 Å². The zero-order chi connectivity index (χ0) is 15.7. The smallest absolute Gasteiger partial charge is 0.257 e. The molecule has 2 aromatic rings. The van der Waals surface area contributed by atoms with Gasteiger partial charge in [-0.1, -0.05) is 36.8 Å². The largest absolute Gasteiger partial charge is 0.506 e. The molecule has 0 saturated heterocycles. The van der Waals surface area contributed by atoms with Crippen LogP contribution < -0.4 is 0 Å². The molecular weight excluding hydrogens is 278 g/mol. The number of nitrogens with zero attached hydrogens (tertiary/aromatic N) is 1. The molecule has 2 atom stereocenters. The van der Waals surface area contributed by atoms with E-state index in [-0.39, 0.29) is 23.7 Å². The number of fused-ring (bicyclic) bond motifs is 1. The zero-order valence-corrected chi connectivity index (χ0v) is 12.7. The Balaban J connectivity index is 1.83. The van der Waals surface area contributed by atoms with Crippen molar-refractivity contribution in [2.75, 3.05) is 13.6 Å². The number of phenolic OH excluding ortho intramolecular Hbond substituents is 1. The minimum Gasteiger partial charge on any atom is -0.506 e. The van der Waals surface area contributed by atoms with Crippen LogP contribution in [0.1, 0.15) is 29.6 Å². The van der Waals surface area contributed by atoms with Crippen molar-refractivity contribution in [2.45, 2.75) is 25.4 Å². The maximum absolute atomic E-state index is 12.6. The number of carbonyl (C=O) groups is 1. The van der Waals surface area contributed by atoms with E-state index in [4.69, 9.17) is 0 Å². The third kappa shape index (κ3) is 2.66. The molecule has 1 amide bonds. The molecule has 4 heteroatoms. The fourth-order valence-electron chi connectivity index (χ4n) is 3.30. The van der Waals surface area contributed by atoms with Crippen LogP contribution in [0.4, 0.5) is 0 Å². The van der Waals surface area contributed by atoms with Gasteiger partial charge in [0, 0.05) is 24.9 Å². The fraction of sp³-hybridized carbons (Fsp3) is 0.389.